The number of rotatable bonds is 7. The number of hydrogen-bond donors (Lipinski definition) is 4. The Bertz CT molecular complexity index is 542. The molecule has 4 N–H and O–H groups in total. The van der Waals surface area contributed by atoms with E-state index in [-0.39, 0.29) is 12.5 Å². The van der Waals surface area contributed by atoms with Gasteiger partial charge in [0.1, 0.15) is 0 Å². The fourth-order valence-electron chi connectivity index (χ4n) is 2.01. The Hall–Kier alpha value is -2.08. The molecule has 0 aliphatic carbocycles. The molecule has 1 aromatic carbocycles. The summed E-state index contributed by atoms with van der Waals surface area (Å²) in [6.45, 7) is 7.51. The van der Waals surface area contributed by atoms with Crippen molar-refractivity contribution in [2.45, 2.75) is 46.1 Å². The number of carbonyl (C=O) groups is 2. The van der Waals surface area contributed by atoms with Gasteiger partial charge < -0.3 is 21.1 Å². The Morgan fingerprint density at radius 2 is 1.83 bits per heavy atom. The zero-order valence-electron chi connectivity index (χ0n) is 14.3. The Kier molecular flexibility index (Phi) is 7.03. The van der Waals surface area contributed by atoms with E-state index >= 15 is 0 Å². The molecule has 23 heavy (non-hydrogen) atoms. The van der Waals surface area contributed by atoms with Crippen LogP contribution in [0.4, 0.5) is 16.2 Å². The van der Waals surface area contributed by atoms with E-state index in [1.54, 1.807) is 31.2 Å². The number of hydrogen-bond acceptors (Lipinski definition) is 3. The molecule has 0 saturated carbocycles. The van der Waals surface area contributed by atoms with E-state index in [2.05, 4.69) is 29.8 Å². The third-order valence-electron chi connectivity index (χ3n) is 3.33. The van der Waals surface area contributed by atoms with Crippen LogP contribution in [0.25, 0.3) is 0 Å². The maximum absolute atomic E-state index is 11.9. The van der Waals surface area contributed by atoms with Gasteiger partial charge in [-0.2, -0.15) is 0 Å². The smallest absolute Gasteiger partial charge is 0.319 e. The second-order valence-electron chi connectivity index (χ2n) is 6.50. The van der Waals surface area contributed by atoms with Crippen LogP contribution in [0.2, 0.25) is 0 Å². The van der Waals surface area contributed by atoms with Crippen molar-refractivity contribution in [3.05, 3.63) is 24.3 Å². The normalized spacial score (nSPS) is 13.3. The summed E-state index contributed by atoms with van der Waals surface area (Å²) in [4.78, 5) is 22.9. The number of benzene rings is 1. The summed E-state index contributed by atoms with van der Waals surface area (Å²) >= 11 is 0. The first-order valence-electron chi connectivity index (χ1n) is 7.83. The van der Waals surface area contributed by atoms with Crippen LogP contribution in [0.15, 0.2) is 24.3 Å². The van der Waals surface area contributed by atoms with Gasteiger partial charge >= 0.3 is 6.03 Å². The zero-order chi connectivity index (χ0) is 17.5. The van der Waals surface area contributed by atoms with Crippen LogP contribution >= 0.6 is 0 Å². The van der Waals surface area contributed by atoms with E-state index in [1.165, 1.54) is 6.92 Å². The number of aliphatic hydroxyl groups is 1. The minimum Gasteiger partial charge on any atom is -0.388 e. The average Bonchev–Trinajstić information content (AvgIpc) is 2.43. The fraction of sp³-hybridized carbons (Fsp3) is 0.529. The average molecular weight is 321 g/mol. The van der Waals surface area contributed by atoms with Gasteiger partial charge in [-0.3, -0.25) is 4.79 Å². The first-order chi connectivity index (χ1) is 10.7. The van der Waals surface area contributed by atoms with Gasteiger partial charge in [0.05, 0.1) is 5.60 Å². The topological polar surface area (TPSA) is 90.5 Å². The molecule has 0 radical (unpaired) electrons. The maximum Gasteiger partial charge on any atom is 0.319 e. The standard InChI is InChI=1S/C17H27N3O3/c1-12(2)8-9-17(4,23)11-18-16(22)20-15-7-5-6-14(10-15)19-13(3)21/h5-7,10,12,23H,8-9,11H2,1-4H3,(H,19,21)(H2,18,20,22). The molecule has 3 amide bonds. The lowest BCUT2D eigenvalue weighted by Gasteiger charge is -2.24. The van der Waals surface area contributed by atoms with Gasteiger partial charge in [-0.05, 0) is 43.9 Å². The van der Waals surface area contributed by atoms with Crippen LogP contribution in [0.3, 0.4) is 0 Å². The summed E-state index contributed by atoms with van der Waals surface area (Å²) in [5, 5.41) is 18.2. The Morgan fingerprint density at radius 3 is 2.39 bits per heavy atom. The van der Waals surface area contributed by atoms with Gasteiger partial charge in [-0.15, -0.1) is 0 Å². The van der Waals surface area contributed by atoms with Gasteiger partial charge in [-0.1, -0.05) is 19.9 Å². The van der Waals surface area contributed by atoms with Crippen molar-refractivity contribution >= 4 is 23.3 Å². The van der Waals surface area contributed by atoms with E-state index in [9.17, 15) is 14.7 Å². The van der Waals surface area contributed by atoms with Crippen molar-refractivity contribution in [1.29, 1.82) is 0 Å². The monoisotopic (exact) mass is 321 g/mol. The lowest BCUT2D eigenvalue weighted by molar-refractivity contribution is -0.114. The highest BCUT2D eigenvalue weighted by atomic mass is 16.3. The van der Waals surface area contributed by atoms with Crippen LogP contribution in [-0.2, 0) is 4.79 Å². The first-order valence-corrected chi connectivity index (χ1v) is 7.83. The molecule has 1 aromatic rings. The van der Waals surface area contributed by atoms with E-state index in [4.69, 9.17) is 0 Å². The molecule has 0 saturated heterocycles. The Labute approximate surface area is 137 Å². The van der Waals surface area contributed by atoms with Crippen LogP contribution in [0.1, 0.15) is 40.5 Å². The maximum atomic E-state index is 11.9. The number of anilines is 2. The molecule has 0 aromatic heterocycles. The Morgan fingerprint density at radius 1 is 1.22 bits per heavy atom. The van der Waals surface area contributed by atoms with Crippen molar-refractivity contribution in [1.82, 2.24) is 5.32 Å². The largest absolute Gasteiger partial charge is 0.388 e. The van der Waals surface area contributed by atoms with Crippen molar-refractivity contribution in [3.63, 3.8) is 0 Å². The third-order valence-corrected chi connectivity index (χ3v) is 3.33. The molecular formula is C17H27N3O3. The minimum absolute atomic E-state index is 0.173. The van der Waals surface area contributed by atoms with Gasteiger partial charge in [0.2, 0.25) is 5.91 Å². The van der Waals surface area contributed by atoms with E-state index < -0.39 is 11.6 Å². The molecule has 0 spiro atoms. The molecule has 6 nitrogen and oxygen atoms in total. The highest BCUT2D eigenvalue weighted by molar-refractivity contribution is 5.92. The van der Waals surface area contributed by atoms with Crippen molar-refractivity contribution < 1.29 is 14.7 Å². The van der Waals surface area contributed by atoms with Gasteiger partial charge in [0.25, 0.3) is 0 Å². The molecular weight excluding hydrogens is 294 g/mol. The number of amides is 3. The predicted molar refractivity (Wildman–Crippen MR) is 92.5 cm³/mol. The molecule has 128 valence electrons. The van der Waals surface area contributed by atoms with E-state index in [0.717, 1.165) is 6.42 Å². The second-order valence-corrected chi connectivity index (χ2v) is 6.50. The summed E-state index contributed by atoms with van der Waals surface area (Å²) in [6, 6.07) is 6.47. The zero-order valence-corrected chi connectivity index (χ0v) is 14.3. The lowest BCUT2D eigenvalue weighted by atomic mass is 9.95. The number of carbonyl (C=O) groups excluding carboxylic acids is 2. The fourth-order valence-corrected chi connectivity index (χ4v) is 2.01. The summed E-state index contributed by atoms with van der Waals surface area (Å²) < 4.78 is 0. The van der Waals surface area contributed by atoms with Crippen LogP contribution in [0, 0.1) is 5.92 Å². The predicted octanol–water partition coefficient (Wildman–Crippen LogP) is 2.95. The molecule has 0 heterocycles. The number of urea groups is 1. The quantitative estimate of drug-likeness (QED) is 0.622. The number of nitrogens with one attached hydrogen (secondary N) is 3. The summed E-state index contributed by atoms with van der Waals surface area (Å²) in [5.74, 6) is 0.333. The molecule has 0 bridgehead atoms. The molecule has 1 unspecified atom stereocenters. The third kappa shape index (κ3) is 8.21. The van der Waals surface area contributed by atoms with Gasteiger partial charge in [-0.25, -0.2) is 4.79 Å². The molecule has 1 atom stereocenters. The summed E-state index contributed by atoms with van der Waals surface area (Å²) in [7, 11) is 0. The summed E-state index contributed by atoms with van der Waals surface area (Å²) in [6.07, 6.45) is 1.53. The minimum atomic E-state index is -0.931. The van der Waals surface area contributed by atoms with Crippen molar-refractivity contribution in [2.24, 2.45) is 5.92 Å². The SMILES string of the molecule is CC(=O)Nc1cccc(NC(=O)NCC(C)(O)CCC(C)C)c1. The highest BCUT2D eigenvalue weighted by Crippen LogP contribution is 2.16. The molecule has 0 aliphatic heterocycles. The van der Waals surface area contributed by atoms with E-state index in [1.807, 2.05) is 0 Å². The summed E-state index contributed by atoms with van der Waals surface area (Å²) in [5.41, 5.74) is 0.245. The van der Waals surface area contributed by atoms with Crippen LogP contribution < -0.4 is 16.0 Å². The molecule has 0 fully saturated rings. The van der Waals surface area contributed by atoms with Crippen LogP contribution in [0.5, 0.6) is 0 Å². The second kappa shape index (κ2) is 8.53. The molecule has 6 heteroatoms. The molecule has 1 rings (SSSR count). The molecule has 0 aliphatic rings. The van der Waals surface area contributed by atoms with Crippen molar-refractivity contribution in [2.75, 3.05) is 17.2 Å². The highest BCUT2D eigenvalue weighted by Gasteiger charge is 2.21. The first kappa shape index (κ1) is 19.0. The lowest BCUT2D eigenvalue weighted by Crippen LogP contribution is -2.42. The van der Waals surface area contributed by atoms with Crippen LogP contribution in [-0.4, -0.2) is 29.2 Å². The van der Waals surface area contributed by atoms with E-state index in [0.29, 0.717) is 23.7 Å². The van der Waals surface area contributed by atoms with Gasteiger partial charge in [0, 0.05) is 24.8 Å². The Balaban J connectivity index is 2.49. The van der Waals surface area contributed by atoms with Gasteiger partial charge in [0.15, 0.2) is 0 Å². The van der Waals surface area contributed by atoms with Crippen molar-refractivity contribution in [3.8, 4) is 0 Å².